The van der Waals surface area contributed by atoms with Crippen LogP contribution in [0.4, 0.5) is 0 Å². The molecule has 1 N–H and O–H groups in total. The minimum Gasteiger partial charge on any atom is -0.508 e. The fourth-order valence-corrected chi connectivity index (χ4v) is 2.66. The fraction of sp³-hybridized carbons (Fsp3) is 0.368. The van der Waals surface area contributed by atoms with Gasteiger partial charge in [0.1, 0.15) is 25.2 Å². The maximum Gasteiger partial charge on any atom is 0.360 e. The van der Waals surface area contributed by atoms with Gasteiger partial charge in [-0.2, -0.15) is 0 Å². The van der Waals surface area contributed by atoms with E-state index in [1.54, 1.807) is 24.3 Å². The molecule has 0 saturated heterocycles. The molecule has 1 aliphatic carbocycles. The number of rotatable bonds is 6. The van der Waals surface area contributed by atoms with Gasteiger partial charge in [-0.25, -0.2) is 4.79 Å². The molecule has 0 saturated carbocycles. The molecule has 0 amide bonds. The molecule has 1 aliphatic rings. The summed E-state index contributed by atoms with van der Waals surface area (Å²) in [5.41, 5.74) is 4.28. The molecule has 0 fully saturated rings. The molecule has 0 unspecified atom stereocenters. The van der Waals surface area contributed by atoms with Crippen molar-refractivity contribution in [3.8, 4) is 11.5 Å². The second-order valence-electron chi connectivity index (χ2n) is 5.90. The number of nitrogens with zero attached hydrogens (tertiary/aromatic N) is 1. The number of hydrogen-bond acceptors (Lipinski definition) is 6. The van der Waals surface area contributed by atoms with Crippen molar-refractivity contribution in [1.29, 1.82) is 0 Å². The summed E-state index contributed by atoms with van der Waals surface area (Å²) in [6.45, 7) is 4.37. The van der Waals surface area contributed by atoms with E-state index >= 15 is 0 Å². The molecule has 0 aliphatic heterocycles. The van der Waals surface area contributed by atoms with E-state index in [1.165, 1.54) is 25.4 Å². The summed E-state index contributed by atoms with van der Waals surface area (Å²) in [6.07, 6.45) is 1.27. The molecular weight excluding hydrogens is 322 g/mol. The molecule has 0 heterocycles. The van der Waals surface area contributed by atoms with Crippen LogP contribution in [-0.4, -0.2) is 37.6 Å². The molecule has 0 atom stereocenters. The quantitative estimate of drug-likeness (QED) is 0.370. The van der Waals surface area contributed by atoms with Crippen LogP contribution in [0, 0.1) is 0 Å². The van der Waals surface area contributed by atoms with Gasteiger partial charge in [0.15, 0.2) is 5.71 Å². The molecule has 0 aromatic heterocycles. The summed E-state index contributed by atoms with van der Waals surface area (Å²) in [4.78, 5) is 16.9. The lowest BCUT2D eigenvalue weighted by Crippen LogP contribution is -2.24. The van der Waals surface area contributed by atoms with E-state index in [0.29, 0.717) is 18.6 Å². The van der Waals surface area contributed by atoms with E-state index in [-0.39, 0.29) is 18.1 Å². The maximum atomic E-state index is 12.1. The van der Waals surface area contributed by atoms with Crippen LogP contribution in [-0.2, 0) is 14.4 Å². The third-order valence-electron chi connectivity index (χ3n) is 4.15. The first-order valence-electron chi connectivity index (χ1n) is 7.94. The predicted octanol–water partition coefficient (Wildman–Crippen LogP) is 3.37. The monoisotopic (exact) mass is 345 g/mol. The number of esters is 1. The zero-order chi connectivity index (χ0) is 18.4. The Morgan fingerprint density at radius 1 is 1.20 bits per heavy atom. The Morgan fingerprint density at radius 3 is 2.56 bits per heavy atom. The Kier molecular flexibility index (Phi) is 6.22. The summed E-state index contributed by atoms with van der Waals surface area (Å²) < 4.78 is 10.6. The van der Waals surface area contributed by atoms with Gasteiger partial charge in [0.2, 0.25) is 0 Å². The van der Waals surface area contributed by atoms with E-state index in [4.69, 9.17) is 14.3 Å². The first kappa shape index (κ1) is 18.6. The molecule has 6 nitrogen and oxygen atoms in total. The lowest BCUT2D eigenvalue weighted by atomic mass is 9.85. The SMILES string of the molecule is CO/N=C(\C(=O)OC)C1=C(COc2cccc(O)c2)CC(C)=C(C)C1. The van der Waals surface area contributed by atoms with Gasteiger partial charge in [0, 0.05) is 6.07 Å². The normalized spacial score (nSPS) is 15.3. The van der Waals surface area contributed by atoms with Crippen molar-refractivity contribution in [2.24, 2.45) is 5.16 Å². The van der Waals surface area contributed by atoms with Crippen molar-refractivity contribution in [2.75, 3.05) is 20.8 Å². The zero-order valence-corrected chi connectivity index (χ0v) is 15.0. The van der Waals surface area contributed by atoms with E-state index in [0.717, 1.165) is 11.1 Å². The van der Waals surface area contributed by atoms with Gasteiger partial charge < -0.3 is 19.4 Å². The van der Waals surface area contributed by atoms with Gasteiger partial charge in [-0.15, -0.1) is 0 Å². The maximum absolute atomic E-state index is 12.1. The number of carbonyl (C=O) groups is 1. The second-order valence-corrected chi connectivity index (χ2v) is 5.90. The van der Waals surface area contributed by atoms with Crippen molar-refractivity contribution in [3.63, 3.8) is 0 Å². The number of carbonyl (C=O) groups excluding carboxylic acids is 1. The second kappa shape index (κ2) is 8.37. The van der Waals surface area contributed by atoms with E-state index < -0.39 is 5.97 Å². The number of phenols is 1. The summed E-state index contributed by atoms with van der Waals surface area (Å²) >= 11 is 0. The number of allylic oxidation sites excluding steroid dienone is 2. The molecule has 25 heavy (non-hydrogen) atoms. The number of aromatic hydroxyl groups is 1. The first-order chi connectivity index (χ1) is 12.0. The lowest BCUT2D eigenvalue weighted by Gasteiger charge is -2.23. The highest BCUT2D eigenvalue weighted by atomic mass is 16.6. The van der Waals surface area contributed by atoms with Crippen LogP contribution in [0.25, 0.3) is 0 Å². The molecular formula is C19H23NO5. The van der Waals surface area contributed by atoms with E-state index in [2.05, 4.69) is 12.1 Å². The Hall–Kier alpha value is -2.76. The highest BCUT2D eigenvalue weighted by Gasteiger charge is 2.26. The van der Waals surface area contributed by atoms with Crippen molar-refractivity contribution >= 4 is 11.7 Å². The summed E-state index contributed by atoms with van der Waals surface area (Å²) in [6, 6.07) is 6.60. The van der Waals surface area contributed by atoms with Gasteiger partial charge in [-0.05, 0) is 50.0 Å². The van der Waals surface area contributed by atoms with Crippen molar-refractivity contribution in [2.45, 2.75) is 26.7 Å². The molecule has 6 heteroatoms. The van der Waals surface area contributed by atoms with E-state index in [9.17, 15) is 9.90 Å². The minimum atomic E-state index is -0.543. The average Bonchev–Trinajstić information content (AvgIpc) is 2.60. The van der Waals surface area contributed by atoms with Crippen molar-refractivity contribution < 1.29 is 24.2 Å². The Labute approximate surface area is 147 Å². The minimum absolute atomic E-state index is 0.137. The zero-order valence-electron chi connectivity index (χ0n) is 15.0. The Balaban J connectivity index is 2.32. The van der Waals surface area contributed by atoms with Gasteiger partial charge >= 0.3 is 5.97 Å². The van der Waals surface area contributed by atoms with Gasteiger partial charge in [-0.1, -0.05) is 22.4 Å². The molecule has 0 radical (unpaired) electrons. The largest absolute Gasteiger partial charge is 0.508 e. The molecule has 0 spiro atoms. The topological polar surface area (TPSA) is 77.4 Å². The number of hydrogen-bond donors (Lipinski definition) is 1. The van der Waals surface area contributed by atoms with Crippen LogP contribution in [0.3, 0.4) is 0 Å². The van der Waals surface area contributed by atoms with Gasteiger partial charge in [0.25, 0.3) is 0 Å². The third-order valence-corrected chi connectivity index (χ3v) is 4.15. The first-order valence-corrected chi connectivity index (χ1v) is 7.94. The van der Waals surface area contributed by atoms with E-state index in [1.807, 2.05) is 6.92 Å². The highest BCUT2D eigenvalue weighted by molar-refractivity contribution is 6.43. The van der Waals surface area contributed by atoms with Crippen LogP contribution in [0.1, 0.15) is 26.7 Å². The van der Waals surface area contributed by atoms with Crippen LogP contribution >= 0.6 is 0 Å². The summed E-state index contributed by atoms with van der Waals surface area (Å²) in [7, 11) is 2.71. The third kappa shape index (κ3) is 4.62. The molecule has 2 rings (SSSR count). The van der Waals surface area contributed by atoms with Crippen molar-refractivity contribution in [1.82, 2.24) is 0 Å². The molecule has 1 aromatic carbocycles. The number of methoxy groups -OCH3 is 1. The Bertz CT molecular complexity index is 746. The van der Waals surface area contributed by atoms with Crippen LogP contribution in [0.15, 0.2) is 51.7 Å². The smallest absolute Gasteiger partial charge is 0.360 e. The summed E-state index contributed by atoms with van der Waals surface area (Å²) in [5, 5.41) is 13.4. The highest BCUT2D eigenvalue weighted by Crippen LogP contribution is 2.31. The summed E-state index contributed by atoms with van der Waals surface area (Å²) in [5.74, 6) is 0.150. The molecule has 0 bridgehead atoms. The number of ether oxygens (including phenoxy) is 2. The number of benzene rings is 1. The fourth-order valence-electron chi connectivity index (χ4n) is 2.66. The molecule has 1 aromatic rings. The van der Waals surface area contributed by atoms with Crippen LogP contribution < -0.4 is 4.74 Å². The Morgan fingerprint density at radius 2 is 1.92 bits per heavy atom. The standard InChI is InChI=1S/C19H23NO5/c1-12-8-14(11-25-16-7-5-6-15(21)10-16)17(9-13(12)2)18(20-24-4)19(22)23-3/h5-7,10,21H,8-9,11H2,1-4H3/b20-18-. The predicted molar refractivity (Wildman–Crippen MR) is 94.7 cm³/mol. The molecule has 134 valence electrons. The van der Waals surface area contributed by atoms with Crippen LogP contribution in [0.5, 0.6) is 11.5 Å². The lowest BCUT2D eigenvalue weighted by molar-refractivity contribution is -0.132. The van der Waals surface area contributed by atoms with Crippen LogP contribution in [0.2, 0.25) is 0 Å². The number of oxime groups is 1. The van der Waals surface area contributed by atoms with Gasteiger partial charge in [-0.3, -0.25) is 0 Å². The average molecular weight is 345 g/mol. The van der Waals surface area contributed by atoms with Gasteiger partial charge in [0.05, 0.1) is 7.11 Å². The van der Waals surface area contributed by atoms with Crippen molar-refractivity contribution in [3.05, 3.63) is 46.6 Å². The number of phenolic OH excluding ortho intramolecular Hbond substituents is 1.